The Hall–Kier alpha value is -2.96. The molecule has 0 bridgehead atoms. The zero-order valence-corrected chi connectivity index (χ0v) is 12.7. The topological polar surface area (TPSA) is 92.7 Å². The average molecular weight is 311 g/mol. The Morgan fingerprint density at radius 1 is 1.26 bits per heavy atom. The molecule has 0 aliphatic carbocycles. The highest BCUT2D eigenvalue weighted by Gasteiger charge is 2.10. The van der Waals surface area contributed by atoms with Gasteiger partial charge in [0.15, 0.2) is 0 Å². The van der Waals surface area contributed by atoms with Crippen molar-refractivity contribution in [2.24, 2.45) is 0 Å². The number of carbonyl (C=O) groups excluding carboxylic acids is 1. The van der Waals surface area contributed by atoms with E-state index in [4.69, 9.17) is 0 Å². The number of aromatic nitrogens is 4. The second kappa shape index (κ2) is 6.43. The van der Waals surface area contributed by atoms with Gasteiger partial charge in [-0.25, -0.2) is 9.67 Å². The van der Waals surface area contributed by atoms with Crippen molar-refractivity contribution in [3.63, 3.8) is 0 Å². The Bertz CT molecular complexity index is 864. The molecule has 118 valence electrons. The van der Waals surface area contributed by atoms with E-state index in [-0.39, 0.29) is 23.7 Å². The molecule has 0 spiro atoms. The summed E-state index contributed by atoms with van der Waals surface area (Å²) < 4.78 is 1.30. The van der Waals surface area contributed by atoms with Crippen LogP contribution in [0.15, 0.2) is 41.2 Å². The highest BCUT2D eigenvalue weighted by atomic mass is 16.2. The Morgan fingerprint density at radius 2 is 2.09 bits per heavy atom. The smallest absolute Gasteiger partial charge is 0.272 e. The highest BCUT2D eigenvalue weighted by Crippen LogP contribution is 2.09. The number of aryl methyl sites for hydroxylation is 1. The third-order valence-electron chi connectivity index (χ3n) is 3.39. The summed E-state index contributed by atoms with van der Waals surface area (Å²) in [6, 6.07) is 10.5. The number of rotatable bonds is 5. The van der Waals surface area contributed by atoms with E-state index in [9.17, 15) is 9.59 Å². The minimum Gasteiger partial charge on any atom is -0.343 e. The summed E-state index contributed by atoms with van der Waals surface area (Å²) in [7, 11) is 0. The van der Waals surface area contributed by atoms with Crippen LogP contribution in [0.4, 0.5) is 0 Å². The first kappa shape index (κ1) is 15.0. The molecular formula is C16H17N5O2. The number of benzene rings is 1. The molecule has 7 heteroatoms. The van der Waals surface area contributed by atoms with Gasteiger partial charge in [-0.15, -0.1) is 0 Å². The van der Waals surface area contributed by atoms with Gasteiger partial charge < -0.3 is 10.3 Å². The molecule has 7 nitrogen and oxygen atoms in total. The van der Waals surface area contributed by atoms with Gasteiger partial charge in [0.25, 0.3) is 11.5 Å². The van der Waals surface area contributed by atoms with Crippen molar-refractivity contribution in [3.8, 4) is 0 Å². The molecule has 0 saturated heterocycles. The van der Waals surface area contributed by atoms with E-state index in [1.165, 1.54) is 16.8 Å². The van der Waals surface area contributed by atoms with Gasteiger partial charge in [0.05, 0.1) is 17.6 Å². The molecule has 0 aliphatic rings. The van der Waals surface area contributed by atoms with Crippen molar-refractivity contribution >= 4 is 16.9 Å². The van der Waals surface area contributed by atoms with Crippen molar-refractivity contribution in [3.05, 3.63) is 58.3 Å². The third kappa shape index (κ3) is 3.28. The monoisotopic (exact) mass is 311 g/mol. The van der Waals surface area contributed by atoms with Gasteiger partial charge >= 0.3 is 0 Å². The van der Waals surface area contributed by atoms with Crippen LogP contribution in [0.1, 0.15) is 29.7 Å². The van der Waals surface area contributed by atoms with Crippen LogP contribution in [0.5, 0.6) is 0 Å². The fourth-order valence-corrected chi connectivity index (χ4v) is 2.29. The molecule has 0 unspecified atom stereocenters. The lowest BCUT2D eigenvalue weighted by atomic mass is 10.3. The maximum atomic E-state index is 12.2. The van der Waals surface area contributed by atoms with E-state index in [1.807, 2.05) is 31.2 Å². The first-order chi connectivity index (χ1) is 11.2. The molecule has 1 amide bonds. The number of H-pyrrole nitrogens is 1. The fourth-order valence-electron chi connectivity index (χ4n) is 2.29. The van der Waals surface area contributed by atoms with Crippen molar-refractivity contribution in [1.82, 2.24) is 25.1 Å². The summed E-state index contributed by atoms with van der Waals surface area (Å²) in [5, 5.41) is 6.83. The highest BCUT2D eigenvalue weighted by molar-refractivity contribution is 5.91. The number of fused-ring (bicyclic) bond motifs is 1. The van der Waals surface area contributed by atoms with Gasteiger partial charge in [0.2, 0.25) is 0 Å². The lowest BCUT2D eigenvalue weighted by Gasteiger charge is -2.06. The molecule has 3 rings (SSSR count). The Labute approximate surface area is 132 Å². The molecule has 2 N–H and O–H groups in total. The molecule has 2 heterocycles. The number of hydrogen-bond donors (Lipinski definition) is 2. The van der Waals surface area contributed by atoms with Gasteiger partial charge in [-0.2, -0.15) is 5.10 Å². The average Bonchev–Trinajstić information content (AvgIpc) is 2.98. The second-order valence-electron chi connectivity index (χ2n) is 5.16. The summed E-state index contributed by atoms with van der Waals surface area (Å²) in [6.45, 7) is 2.70. The van der Waals surface area contributed by atoms with Crippen LogP contribution < -0.4 is 10.9 Å². The zero-order chi connectivity index (χ0) is 16.2. The molecule has 0 aliphatic heterocycles. The maximum absolute atomic E-state index is 12.2. The largest absolute Gasteiger partial charge is 0.343 e. The van der Waals surface area contributed by atoms with Crippen molar-refractivity contribution in [2.75, 3.05) is 0 Å². The first-order valence-electron chi connectivity index (χ1n) is 7.47. The Kier molecular flexibility index (Phi) is 4.18. The van der Waals surface area contributed by atoms with Crippen LogP contribution in [-0.2, 0) is 13.1 Å². The number of nitrogens with one attached hydrogen (secondary N) is 2. The van der Waals surface area contributed by atoms with Crippen LogP contribution in [0.3, 0.4) is 0 Å². The molecule has 0 fully saturated rings. The van der Waals surface area contributed by atoms with Gasteiger partial charge in [0, 0.05) is 12.6 Å². The van der Waals surface area contributed by atoms with E-state index < -0.39 is 0 Å². The van der Waals surface area contributed by atoms with Gasteiger partial charge in [-0.05, 0) is 24.6 Å². The van der Waals surface area contributed by atoms with Crippen molar-refractivity contribution in [2.45, 2.75) is 26.4 Å². The van der Waals surface area contributed by atoms with E-state index in [1.54, 1.807) is 0 Å². The summed E-state index contributed by atoms with van der Waals surface area (Å²) in [6.07, 6.45) is 0.775. The SMILES string of the molecule is CCCn1nc(C(=O)NCc2nc3ccccc3[nH]2)ccc1=O. The van der Waals surface area contributed by atoms with Crippen LogP contribution >= 0.6 is 0 Å². The van der Waals surface area contributed by atoms with E-state index in [0.717, 1.165) is 17.5 Å². The Balaban J connectivity index is 1.71. The predicted octanol–water partition coefficient (Wildman–Crippen LogP) is 1.46. The molecular weight excluding hydrogens is 294 g/mol. The predicted molar refractivity (Wildman–Crippen MR) is 86.1 cm³/mol. The minimum atomic E-state index is -0.338. The quantitative estimate of drug-likeness (QED) is 0.746. The maximum Gasteiger partial charge on any atom is 0.272 e. The molecule has 1 aromatic carbocycles. The molecule has 3 aromatic rings. The lowest BCUT2D eigenvalue weighted by molar-refractivity contribution is 0.0942. The van der Waals surface area contributed by atoms with Gasteiger partial charge in [0.1, 0.15) is 11.5 Å². The third-order valence-corrected chi connectivity index (χ3v) is 3.39. The van der Waals surface area contributed by atoms with Gasteiger partial charge in [-0.3, -0.25) is 9.59 Å². The second-order valence-corrected chi connectivity index (χ2v) is 5.16. The number of aromatic amines is 1. The molecule has 23 heavy (non-hydrogen) atoms. The lowest BCUT2D eigenvalue weighted by Crippen LogP contribution is -2.29. The number of para-hydroxylation sites is 2. The minimum absolute atomic E-state index is 0.208. The molecule has 2 aromatic heterocycles. The Morgan fingerprint density at radius 3 is 2.87 bits per heavy atom. The zero-order valence-electron chi connectivity index (χ0n) is 12.7. The van der Waals surface area contributed by atoms with E-state index in [0.29, 0.717) is 12.4 Å². The summed E-state index contributed by atoms with van der Waals surface area (Å²) in [4.78, 5) is 31.3. The van der Waals surface area contributed by atoms with E-state index in [2.05, 4.69) is 20.4 Å². The summed E-state index contributed by atoms with van der Waals surface area (Å²) >= 11 is 0. The van der Waals surface area contributed by atoms with Crippen molar-refractivity contribution in [1.29, 1.82) is 0 Å². The fraction of sp³-hybridized carbons (Fsp3) is 0.250. The number of nitrogens with zero attached hydrogens (tertiary/aromatic N) is 3. The number of carbonyl (C=O) groups is 1. The molecule has 0 atom stereocenters. The van der Waals surface area contributed by atoms with Crippen LogP contribution in [0.25, 0.3) is 11.0 Å². The summed E-state index contributed by atoms with van der Waals surface area (Å²) in [5.41, 5.74) is 1.78. The number of imidazole rings is 1. The molecule has 0 saturated carbocycles. The van der Waals surface area contributed by atoms with E-state index >= 15 is 0 Å². The van der Waals surface area contributed by atoms with Crippen LogP contribution in [-0.4, -0.2) is 25.7 Å². The standard InChI is InChI=1S/C16H17N5O2/c1-2-9-21-15(22)8-7-13(20-21)16(23)17-10-14-18-11-5-3-4-6-12(11)19-14/h3-8H,2,9-10H2,1H3,(H,17,23)(H,18,19). The van der Waals surface area contributed by atoms with Gasteiger partial charge in [-0.1, -0.05) is 19.1 Å². The summed E-state index contributed by atoms with van der Waals surface area (Å²) in [5.74, 6) is 0.330. The first-order valence-corrected chi connectivity index (χ1v) is 7.47. The number of amides is 1. The molecule has 0 radical (unpaired) electrons. The van der Waals surface area contributed by atoms with Crippen LogP contribution in [0, 0.1) is 0 Å². The number of hydrogen-bond acceptors (Lipinski definition) is 4. The van der Waals surface area contributed by atoms with Crippen molar-refractivity contribution < 1.29 is 4.79 Å². The van der Waals surface area contributed by atoms with Crippen LogP contribution in [0.2, 0.25) is 0 Å². The normalized spacial score (nSPS) is 10.8.